The maximum absolute atomic E-state index is 13.4. The molecule has 1 N–H and O–H groups in total. The molecule has 0 aliphatic rings. The summed E-state index contributed by atoms with van der Waals surface area (Å²) in [7, 11) is 1.38. The van der Waals surface area contributed by atoms with Gasteiger partial charge in [0.1, 0.15) is 0 Å². The van der Waals surface area contributed by atoms with Crippen LogP contribution in [-0.2, 0) is 0 Å². The van der Waals surface area contributed by atoms with E-state index in [1.165, 1.54) is 13.2 Å². The molecule has 0 heterocycles. The second-order valence-corrected chi connectivity index (χ2v) is 3.77. The fraction of sp³-hybridized carbons (Fsp3) is 0.273. The van der Waals surface area contributed by atoms with E-state index in [4.69, 9.17) is 16.3 Å². The highest BCUT2D eigenvalue weighted by atomic mass is 79.9. The average molecular weight is 273 g/mol. The predicted octanol–water partition coefficient (Wildman–Crippen LogP) is 2.31. The Balaban J connectivity index is 3.20. The zero-order valence-corrected chi connectivity index (χ0v) is 9.71. The monoisotopic (exact) mass is 272 g/mol. The quantitative estimate of drug-likeness (QED) is 0.856. The minimum atomic E-state index is -0.504. The molecule has 15 heavy (non-hydrogen) atoms. The van der Waals surface area contributed by atoms with Gasteiger partial charge in [0.05, 0.1) is 24.1 Å². The second-order valence-electron chi connectivity index (χ2n) is 2.92. The molecule has 0 saturated heterocycles. The van der Waals surface area contributed by atoms with E-state index in [0.29, 0.717) is 10.0 Å². The van der Waals surface area contributed by atoms with E-state index < -0.39 is 11.7 Å². The smallest absolute Gasteiger partial charge is 0.168 e. The van der Waals surface area contributed by atoms with Crippen molar-refractivity contribution in [2.45, 2.75) is 5.92 Å². The molecule has 0 spiro atoms. The number of benzene rings is 1. The largest absolute Gasteiger partial charge is 0.492 e. The Labute approximate surface area is 96.2 Å². The Hall–Kier alpha value is -1.05. The van der Waals surface area contributed by atoms with E-state index in [1.807, 2.05) is 0 Å². The van der Waals surface area contributed by atoms with Crippen molar-refractivity contribution in [3.05, 3.63) is 28.0 Å². The van der Waals surface area contributed by atoms with Gasteiger partial charge >= 0.3 is 0 Å². The van der Waals surface area contributed by atoms with Gasteiger partial charge in [0, 0.05) is 0 Å². The molecule has 0 aromatic heterocycles. The van der Waals surface area contributed by atoms with Crippen molar-refractivity contribution < 1.29 is 14.2 Å². The van der Waals surface area contributed by atoms with E-state index in [0.717, 1.165) is 0 Å². The highest BCUT2D eigenvalue weighted by Crippen LogP contribution is 2.31. The zero-order chi connectivity index (χ0) is 11.4. The predicted molar refractivity (Wildman–Crippen MR) is 59.3 cm³/mol. The maximum Gasteiger partial charge on any atom is 0.168 e. The Kier molecular flexibility index (Phi) is 4.13. The summed E-state index contributed by atoms with van der Waals surface area (Å²) in [4.78, 5) is 0. The van der Waals surface area contributed by atoms with Gasteiger partial charge in [-0.15, -0.1) is 6.42 Å². The molecule has 0 saturated carbocycles. The van der Waals surface area contributed by atoms with Crippen LogP contribution in [0.2, 0.25) is 0 Å². The Morgan fingerprint density at radius 2 is 2.33 bits per heavy atom. The third-order valence-corrected chi connectivity index (χ3v) is 2.60. The van der Waals surface area contributed by atoms with Crippen molar-refractivity contribution in [3.8, 4) is 18.1 Å². The van der Waals surface area contributed by atoms with Crippen molar-refractivity contribution in [3.63, 3.8) is 0 Å². The summed E-state index contributed by atoms with van der Waals surface area (Å²) in [5, 5.41) is 8.98. The topological polar surface area (TPSA) is 29.5 Å². The van der Waals surface area contributed by atoms with Crippen LogP contribution in [0.4, 0.5) is 4.39 Å². The van der Waals surface area contributed by atoms with Gasteiger partial charge < -0.3 is 9.84 Å². The molecule has 1 atom stereocenters. The fourth-order valence-corrected chi connectivity index (χ4v) is 1.85. The first kappa shape index (κ1) is 12.0. The van der Waals surface area contributed by atoms with E-state index in [9.17, 15) is 4.39 Å². The number of hydrogen-bond acceptors (Lipinski definition) is 2. The summed E-state index contributed by atoms with van der Waals surface area (Å²) in [5.74, 6) is 1.51. The summed E-state index contributed by atoms with van der Waals surface area (Å²) < 4.78 is 18.8. The molecule has 80 valence electrons. The van der Waals surface area contributed by atoms with Crippen LogP contribution in [-0.4, -0.2) is 18.8 Å². The van der Waals surface area contributed by atoms with Crippen molar-refractivity contribution in [2.75, 3.05) is 13.7 Å². The number of aliphatic hydroxyl groups is 1. The van der Waals surface area contributed by atoms with Gasteiger partial charge in [-0.25, -0.2) is 4.39 Å². The summed E-state index contributed by atoms with van der Waals surface area (Å²) in [6.07, 6.45) is 5.21. The minimum Gasteiger partial charge on any atom is -0.492 e. The first-order valence-corrected chi connectivity index (χ1v) is 5.03. The normalized spacial score (nSPS) is 11.9. The Morgan fingerprint density at radius 3 is 2.73 bits per heavy atom. The minimum absolute atomic E-state index is 0.132. The van der Waals surface area contributed by atoms with Gasteiger partial charge in [-0.2, -0.15) is 0 Å². The van der Waals surface area contributed by atoms with Crippen LogP contribution in [0.5, 0.6) is 5.75 Å². The molecule has 0 radical (unpaired) electrons. The van der Waals surface area contributed by atoms with Crippen LogP contribution in [0.1, 0.15) is 11.5 Å². The lowest BCUT2D eigenvalue weighted by atomic mass is 10.0. The van der Waals surface area contributed by atoms with Crippen LogP contribution in [0.25, 0.3) is 0 Å². The van der Waals surface area contributed by atoms with Crippen LogP contribution in [0, 0.1) is 18.2 Å². The first-order chi connectivity index (χ1) is 7.13. The van der Waals surface area contributed by atoms with Gasteiger partial charge in [0.15, 0.2) is 11.6 Å². The van der Waals surface area contributed by atoms with E-state index >= 15 is 0 Å². The number of terminal acetylenes is 1. The highest BCUT2D eigenvalue weighted by Gasteiger charge is 2.14. The summed E-state index contributed by atoms with van der Waals surface area (Å²) >= 11 is 3.17. The number of methoxy groups -OCH3 is 1. The molecule has 0 amide bonds. The van der Waals surface area contributed by atoms with Gasteiger partial charge in [0.2, 0.25) is 0 Å². The third-order valence-electron chi connectivity index (χ3n) is 2.01. The maximum atomic E-state index is 13.4. The van der Waals surface area contributed by atoms with Gasteiger partial charge in [-0.1, -0.05) is 5.92 Å². The molecular weight excluding hydrogens is 263 g/mol. The molecule has 4 heteroatoms. The van der Waals surface area contributed by atoms with Crippen molar-refractivity contribution >= 4 is 15.9 Å². The number of rotatable bonds is 3. The number of ether oxygens (including phenoxy) is 1. The Morgan fingerprint density at radius 1 is 1.67 bits per heavy atom. The van der Waals surface area contributed by atoms with E-state index in [-0.39, 0.29) is 12.4 Å². The average Bonchev–Trinajstić information content (AvgIpc) is 2.19. The first-order valence-electron chi connectivity index (χ1n) is 4.24. The molecule has 0 bridgehead atoms. The number of aliphatic hydroxyl groups excluding tert-OH is 1. The van der Waals surface area contributed by atoms with Gasteiger partial charge in [0.25, 0.3) is 0 Å². The second kappa shape index (κ2) is 5.15. The lowest BCUT2D eigenvalue weighted by Gasteiger charge is -2.11. The van der Waals surface area contributed by atoms with Crippen molar-refractivity contribution in [2.24, 2.45) is 0 Å². The highest BCUT2D eigenvalue weighted by molar-refractivity contribution is 9.10. The summed E-state index contributed by atoms with van der Waals surface area (Å²) in [5.41, 5.74) is 0.546. The molecule has 0 aliphatic heterocycles. The molecular formula is C11H10BrFO2. The lowest BCUT2D eigenvalue weighted by molar-refractivity contribution is 0.286. The van der Waals surface area contributed by atoms with Gasteiger partial charge in [-0.3, -0.25) is 0 Å². The van der Waals surface area contributed by atoms with Crippen molar-refractivity contribution in [1.82, 2.24) is 0 Å². The summed E-state index contributed by atoms with van der Waals surface area (Å²) in [6, 6.07) is 2.91. The Bertz CT molecular complexity index is 375. The zero-order valence-electron chi connectivity index (χ0n) is 8.13. The van der Waals surface area contributed by atoms with Gasteiger partial charge in [-0.05, 0) is 33.6 Å². The summed E-state index contributed by atoms with van der Waals surface area (Å²) in [6.45, 7) is -0.214. The standard InChI is InChI=1S/C11H10BrFO2/c1-3-7(6-14)8-4-9(12)11(15-2)10(13)5-8/h1,4-5,7,14H,6H2,2H3/t7-/m0/s1. The van der Waals surface area contributed by atoms with E-state index in [2.05, 4.69) is 21.9 Å². The van der Waals surface area contributed by atoms with Crippen LogP contribution in [0.3, 0.4) is 0 Å². The molecule has 0 aliphatic carbocycles. The molecule has 1 aromatic carbocycles. The third kappa shape index (κ3) is 2.49. The van der Waals surface area contributed by atoms with E-state index in [1.54, 1.807) is 6.07 Å². The van der Waals surface area contributed by atoms with Crippen LogP contribution >= 0.6 is 15.9 Å². The molecule has 1 rings (SSSR count). The SMILES string of the molecule is C#C[C@@H](CO)c1cc(F)c(OC)c(Br)c1. The molecule has 0 unspecified atom stereocenters. The molecule has 2 nitrogen and oxygen atoms in total. The van der Waals surface area contributed by atoms with Crippen LogP contribution in [0.15, 0.2) is 16.6 Å². The fourth-order valence-electron chi connectivity index (χ4n) is 1.23. The molecule has 0 fully saturated rings. The lowest BCUT2D eigenvalue weighted by Crippen LogP contribution is -2.02. The van der Waals surface area contributed by atoms with Crippen LogP contribution < -0.4 is 4.74 Å². The number of hydrogen-bond donors (Lipinski definition) is 1. The van der Waals surface area contributed by atoms with Crippen molar-refractivity contribution in [1.29, 1.82) is 0 Å². The molecule has 1 aromatic rings. The number of halogens is 2.